The second-order valence-electron chi connectivity index (χ2n) is 5.79. The van der Waals surface area contributed by atoms with Crippen LogP contribution in [0.25, 0.3) is 0 Å². The van der Waals surface area contributed by atoms with Crippen molar-refractivity contribution >= 4 is 24.2 Å². The van der Waals surface area contributed by atoms with Crippen molar-refractivity contribution in [1.82, 2.24) is 9.80 Å². The zero-order chi connectivity index (χ0) is 14.0. The Bertz CT molecular complexity index is 364. The molecule has 0 aliphatic carbocycles. The molecule has 0 radical (unpaired) electrons. The summed E-state index contributed by atoms with van der Waals surface area (Å²) >= 11 is 0. The Labute approximate surface area is 127 Å². The molecular formula is C14H26ClN3O2. The fourth-order valence-corrected chi connectivity index (χ4v) is 3.34. The van der Waals surface area contributed by atoms with E-state index in [0.717, 1.165) is 25.9 Å². The van der Waals surface area contributed by atoms with Crippen molar-refractivity contribution in [2.75, 3.05) is 19.6 Å². The van der Waals surface area contributed by atoms with Gasteiger partial charge in [0.2, 0.25) is 11.8 Å². The van der Waals surface area contributed by atoms with Crippen molar-refractivity contribution in [3.8, 4) is 0 Å². The minimum Gasteiger partial charge on any atom is -0.338 e. The van der Waals surface area contributed by atoms with Crippen molar-refractivity contribution in [3.63, 3.8) is 0 Å². The molecule has 2 rings (SSSR count). The molecule has 0 saturated carbocycles. The lowest BCUT2D eigenvalue weighted by atomic mass is 10.1. The van der Waals surface area contributed by atoms with E-state index in [1.54, 1.807) is 4.90 Å². The van der Waals surface area contributed by atoms with E-state index in [1.807, 2.05) is 11.8 Å². The highest BCUT2D eigenvalue weighted by atomic mass is 35.5. The highest BCUT2D eigenvalue weighted by molar-refractivity contribution is 5.89. The zero-order valence-corrected chi connectivity index (χ0v) is 13.2. The SMILES string of the molecule is CCC(C(=O)N1CC(CN)CC1C)N1CCCC1=O.Cl. The first-order valence-electron chi connectivity index (χ1n) is 7.38. The van der Waals surface area contributed by atoms with Gasteiger partial charge in [-0.15, -0.1) is 12.4 Å². The molecule has 0 aromatic heterocycles. The van der Waals surface area contributed by atoms with Gasteiger partial charge in [-0.05, 0) is 38.6 Å². The van der Waals surface area contributed by atoms with E-state index in [0.29, 0.717) is 25.3 Å². The molecule has 2 saturated heterocycles. The Kier molecular flexibility index (Phi) is 6.27. The number of amides is 2. The maximum absolute atomic E-state index is 12.7. The summed E-state index contributed by atoms with van der Waals surface area (Å²) in [5, 5.41) is 0. The molecule has 2 fully saturated rings. The molecule has 2 N–H and O–H groups in total. The van der Waals surface area contributed by atoms with Gasteiger partial charge in [-0.2, -0.15) is 0 Å². The van der Waals surface area contributed by atoms with E-state index in [9.17, 15) is 9.59 Å². The van der Waals surface area contributed by atoms with Crippen molar-refractivity contribution in [2.24, 2.45) is 11.7 Å². The summed E-state index contributed by atoms with van der Waals surface area (Å²) in [5.74, 6) is 0.648. The summed E-state index contributed by atoms with van der Waals surface area (Å²) in [5.41, 5.74) is 5.71. The average Bonchev–Trinajstić information content (AvgIpc) is 2.97. The molecule has 2 aliphatic heterocycles. The van der Waals surface area contributed by atoms with Gasteiger partial charge < -0.3 is 15.5 Å². The van der Waals surface area contributed by atoms with E-state index in [1.165, 1.54) is 0 Å². The van der Waals surface area contributed by atoms with E-state index in [-0.39, 0.29) is 36.3 Å². The van der Waals surface area contributed by atoms with Crippen LogP contribution in [0, 0.1) is 5.92 Å². The standard InChI is InChI=1S/C14H25N3O2.ClH/c1-3-12(16-6-4-5-13(16)18)14(19)17-9-11(8-15)7-10(17)2;/h10-12H,3-9,15H2,1-2H3;1H. The van der Waals surface area contributed by atoms with Gasteiger partial charge in [0.25, 0.3) is 0 Å². The number of nitrogens with zero attached hydrogens (tertiary/aromatic N) is 2. The van der Waals surface area contributed by atoms with E-state index in [2.05, 4.69) is 6.92 Å². The summed E-state index contributed by atoms with van der Waals surface area (Å²) in [4.78, 5) is 28.2. The van der Waals surface area contributed by atoms with Crippen LogP contribution >= 0.6 is 12.4 Å². The molecule has 2 aliphatic rings. The minimum atomic E-state index is -0.269. The fraction of sp³-hybridized carbons (Fsp3) is 0.857. The number of rotatable bonds is 4. The van der Waals surface area contributed by atoms with Crippen molar-refractivity contribution < 1.29 is 9.59 Å². The summed E-state index contributed by atoms with van der Waals surface area (Å²) in [6.07, 6.45) is 3.14. The lowest BCUT2D eigenvalue weighted by Gasteiger charge is -2.32. The Morgan fingerprint density at radius 3 is 2.65 bits per heavy atom. The van der Waals surface area contributed by atoms with Crippen LogP contribution in [0.4, 0.5) is 0 Å². The third-order valence-electron chi connectivity index (χ3n) is 4.44. The van der Waals surface area contributed by atoms with Crippen LogP contribution in [-0.2, 0) is 9.59 Å². The molecular weight excluding hydrogens is 278 g/mol. The molecule has 5 nitrogen and oxygen atoms in total. The van der Waals surface area contributed by atoms with Gasteiger partial charge in [-0.25, -0.2) is 0 Å². The topological polar surface area (TPSA) is 66.6 Å². The Morgan fingerprint density at radius 1 is 1.50 bits per heavy atom. The normalized spacial score (nSPS) is 27.6. The lowest BCUT2D eigenvalue weighted by molar-refractivity contribution is -0.144. The number of halogens is 1. The maximum Gasteiger partial charge on any atom is 0.245 e. The summed E-state index contributed by atoms with van der Waals surface area (Å²) in [6, 6.07) is -0.0261. The molecule has 0 aromatic carbocycles. The largest absolute Gasteiger partial charge is 0.338 e. The van der Waals surface area contributed by atoms with Gasteiger partial charge in [0, 0.05) is 25.6 Å². The molecule has 3 atom stereocenters. The Morgan fingerprint density at radius 2 is 2.20 bits per heavy atom. The van der Waals surface area contributed by atoms with E-state index in [4.69, 9.17) is 5.73 Å². The third-order valence-corrected chi connectivity index (χ3v) is 4.44. The van der Waals surface area contributed by atoms with Crippen molar-refractivity contribution in [1.29, 1.82) is 0 Å². The van der Waals surface area contributed by atoms with Crippen molar-refractivity contribution in [2.45, 2.75) is 51.6 Å². The molecule has 0 bridgehead atoms. The van der Waals surface area contributed by atoms with Crippen LogP contribution < -0.4 is 5.73 Å². The highest BCUT2D eigenvalue weighted by Crippen LogP contribution is 2.25. The monoisotopic (exact) mass is 303 g/mol. The number of hydrogen-bond donors (Lipinski definition) is 1. The molecule has 0 spiro atoms. The summed E-state index contributed by atoms with van der Waals surface area (Å²) < 4.78 is 0. The molecule has 116 valence electrons. The fourth-order valence-electron chi connectivity index (χ4n) is 3.34. The second-order valence-corrected chi connectivity index (χ2v) is 5.79. The predicted octanol–water partition coefficient (Wildman–Crippen LogP) is 1.00. The molecule has 2 amide bonds. The van der Waals surface area contributed by atoms with Crippen LogP contribution in [0.3, 0.4) is 0 Å². The van der Waals surface area contributed by atoms with Gasteiger partial charge in [0.15, 0.2) is 0 Å². The van der Waals surface area contributed by atoms with Crippen LogP contribution in [0.5, 0.6) is 0 Å². The van der Waals surface area contributed by atoms with Gasteiger partial charge in [0.05, 0.1) is 0 Å². The first-order valence-corrected chi connectivity index (χ1v) is 7.38. The lowest BCUT2D eigenvalue weighted by Crippen LogP contribution is -2.50. The number of likely N-dealkylation sites (tertiary alicyclic amines) is 2. The molecule has 0 aromatic rings. The predicted molar refractivity (Wildman–Crippen MR) is 80.6 cm³/mol. The minimum absolute atomic E-state index is 0. The van der Waals surface area contributed by atoms with Crippen LogP contribution in [0.2, 0.25) is 0 Å². The number of hydrogen-bond acceptors (Lipinski definition) is 3. The van der Waals surface area contributed by atoms with Gasteiger partial charge >= 0.3 is 0 Å². The molecule has 6 heteroatoms. The molecule has 2 heterocycles. The zero-order valence-electron chi connectivity index (χ0n) is 12.4. The maximum atomic E-state index is 12.7. The van der Waals surface area contributed by atoms with Crippen molar-refractivity contribution in [3.05, 3.63) is 0 Å². The van der Waals surface area contributed by atoms with Gasteiger partial charge in [0.1, 0.15) is 6.04 Å². The van der Waals surface area contributed by atoms with Crippen LogP contribution in [0.15, 0.2) is 0 Å². The number of carbonyl (C=O) groups excluding carboxylic acids is 2. The first kappa shape index (κ1) is 17.2. The van der Waals surface area contributed by atoms with E-state index >= 15 is 0 Å². The summed E-state index contributed by atoms with van der Waals surface area (Å²) in [6.45, 7) is 6.16. The first-order chi connectivity index (χ1) is 9.08. The Balaban J connectivity index is 0.00000200. The van der Waals surface area contributed by atoms with Crippen LogP contribution in [-0.4, -0.2) is 53.3 Å². The summed E-state index contributed by atoms with van der Waals surface area (Å²) in [7, 11) is 0. The number of nitrogens with two attached hydrogens (primary N) is 1. The molecule has 3 unspecified atom stereocenters. The smallest absolute Gasteiger partial charge is 0.245 e. The molecule has 20 heavy (non-hydrogen) atoms. The van der Waals surface area contributed by atoms with E-state index < -0.39 is 0 Å². The quantitative estimate of drug-likeness (QED) is 0.843. The Hall–Kier alpha value is -0.810. The van der Waals surface area contributed by atoms with Gasteiger partial charge in [-0.3, -0.25) is 9.59 Å². The second kappa shape index (κ2) is 7.27. The third kappa shape index (κ3) is 3.26. The number of carbonyl (C=O) groups is 2. The average molecular weight is 304 g/mol. The van der Waals surface area contributed by atoms with Crippen LogP contribution in [0.1, 0.15) is 39.5 Å². The van der Waals surface area contributed by atoms with Gasteiger partial charge in [-0.1, -0.05) is 6.92 Å². The highest BCUT2D eigenvalue weighted by Gasteiger charge is 2.38.